The van der Waals surface area contributed by atoms with Crippen LogP contribution in [0.5, 0.6) is 0 Å². The molecular weight excluding hydrogens is 416 g/mol. The molecule has 0 radical (unpaired) electrons. The van der Waals surface area contributed by atoms with E-state index < -0.39 is 15.6 Å². The molecule has 2 heterocycles. The Hall–Kier alpha value is -2.26. The molecule has 1 saturated carbocycles. The largest absolute Gasteiger partial charge is 0.343 e. The van der Waals surface area contributed by atoms with Gasteiger partial charge in [0.2, 0.25) is 21.8 Å². The van der Waals surface area contributed by atoms with Gasteiger partial charge in [-0.05, 0) is 51.2 Å². The molecule has 2 fully saturated rings. The van der Waals surface area contributed by atoms with Crippen LogP contribution in [0.4, 0.5) is 0 Å². The number of nitrogens with one attached hydrogen (secondary N) is 1. The van der Waals surface area contributed by atoms with E-state index in [1.807, 2.05) is 26.0 Å². The van der Waals surface area contributed by atoms with Crippen molar-refractivity contribution in [2.75, 3.05) is 13.1 Å². The van der Waals surface area contributed by atoms with Gasteiger partial charge < -0.3 is 9.84 Å². The molecule has 1 amide bonds. The predicted octanol–water partition coefficient (Wildman–Crippen LogP) is 2.98. The Morgan fingerprint density at radius 1 is 1.16 bits per heavy atom. The van der Waals surface area contributed by atoms with Crippen molar-refractivity contribution in [3.8, 4) is 0 Å². The Balaban J connectivity index is 1.43. The van der Waals surface area contributed by atoms with E-state index in [1.165, 1.54) is 4.31 Å². The molecule has 1 aliphatic carbocycles. The second-order valence-electron chi connectivity index (χ2n) is 8.86. The molecule has 9 heteroatoms. The van der Waals surface area contributed by atoms with Gasteiger partial charge in [0.25, 0.3) is 0 Å². The maximum atomic E-state index is 13.1. The van der Waals surface area contributed by atoms with Crippen molar-refractivity contribution in [3.05, 3.63) is 41.0 Å². The van der Waals surface area contributed by atoms with Gasteiger partial charge in [-0.1, -0.05) is 35.7 Å². The zero-order chi connectivity index (χ0) is 22.2. The lowest BCUT2D eigenvalue weighted by Crippen LogP contribution is -2.49. The molecular formula is C22H30N4O4S. The van der Waals surface area contributed by atoms with Gasteiger partial charge in [-0.2, -0.15) is 9.29 Å². The third-order valence-corrected chi connectivity index (χ3v) is 8.61. The lowest BCUT2D eigenvalue weighted by molar-refractivity contribution is -0.128. The number of aromatic nitrogens is 2. The highest BCUT2D eigenvalue weighted by atomic mass is 32.2. The molecule has 1 aromatic carbocycles. The van der Waals surface area contributed by atoms with Gasteiger partial charge >= 0.3 is 0 Å². The quantitative estimate of drug-likeness (QED) is 0.757. The van der Waals surface area contributed by atoms with E-state index in [9.17, 15) is 13.2 Å². The zero-order valence-corrected chi connectivity index (χ0v) is 19.2. The molecule has 0 unspecified atom stereocenters. The molecule has 0 spiro atoms. The number of aryl methyl sites for hydroxylation is 3. The summed E-state index contributed by atoms with van der Waals surface area (Å²) in [7, 11) is -3.56. The van der Waals surface area contributed by atoms with Gasteiger partial charge in [-0.15, -0.1) is 0 Å². The molecule has 1 aromatic heterocycles. The Labute approximate surface area is 183 Å². The summed E-state index contributed by atoms with van der Waals surface area (Å²) in [4.78, 5) is 17.8. The summed E-state index contributed by atoms with van der Waals surface area (Å²) in [5, 5.41) is 7.27. The van der Waals surface area contributed by atoms with Crippen molar-refractivity contribution in [1.82, 2.24) is 19.8 Å². The van der Waals surface area contributed by atoms with Crippen molar-refractivity contribution in [2.45, 2.75) is 69.7 Å². The molecule has 168 valence electrons. The molecule has 1 aliphatic heterocycles. The van der Waals surface area contributed by atoms with Crippen LogP contribution in [-0.4, -0.2) is 41.9 Å². The van der Waals surface area contributed by atoms with E-state index in [4.69, 9.17) is 4.52 Å². The number of amides is 1. The lowest BCUT2D eigenvalue weighted by Gasteiger charge is -2.34. The number of nitrogens with zero attached hydrogens (tertiary/aromatic N) is 3. The Kier molecular flexibility index (Phi) is 5.91. The van der Waals surface area contributed by atoms with Gasteiger partial charge in [-0.25, -0.2) is 8.42 Å². The van der Waals surface area contributed by atoms with Gasteiger partial charge in [0.15, 0.2) is 5.82 Å². The fraction of sp³-hybridized carbons (Fsp3) is 0.591. The maximum Gasteiger partial charge on any atom is 0.243 e. The minimum Gasteiger partial charge on any atom is -0.343 e. The number of sulfonamides is 1. The number of hydrogen-bond acceptors (Lipinski definition) is 6. The van der Waals surface area contributed by atoms with E-state index in [1.54, 1.807) is 13.0 Å². The number of hydrogen-bond donors (Lipinski definition) is 1. The van der Waals surface area contributed by atoms with Gasteiger partial charge in [-0.3, -0.25) is 4.79 Å². The molecule has 31 heavy (non-hydrogen) atoms. The van der Waals surface area contributed by atoms with Crippen LogP contribution >= 0.6 is 0 Å². The van der Waals surface area contributed by atoms with Crippen molar-refractivity contribution in [1.29, 1.82) is 0 Å². The highest BCUT2D eigenvalue weighted by Crippen LogP contribution is 2.38. The topological polar surface area (TPSA) is 105 Å². The number of carbonyl (C=O) groups excluding carboxylic acids is 1. The van der Waals surface area contributed by atoms with Gasteiger partial charge in [0, 0.05) is 25.9 Å². The van der Waals surface area contributed by atoms with E-state index in [2.05, 4.69) is 15.5 Å². The highest BCUT2D eigenvalue weighted by molar-refractivity contribution is 7.89. The first-order valence-electron chi connectivity index (χ1n) is 10.9. The van der Waals surface area contributed by atoms with Crippen LogP contribution in [0.2, 0.25) is 0 Å². The first kappa shape index (κ1) is 22.0. The second kappa shape index (κ2) is 8.35. The summed E-state index contributed by atoms with van der Waals surface area (Å²) >= 11 is 0. The minimum atomic E-state index is -3.56. The molecule has 0 atom stereocenters. The number of rotatable bonds is 5. The van der Waals surface area contributed by atoms with Crippen molar-refractivity contribution >= 4 is 15.9 Å². The van der Waals surface area contributed by atoms with E-state index in [0.717, 1.165) is 36.8 Å². The molecule has 2 aliphatic rings. The average molecular weight is 447 g/mol. The van der Waals surface area contributed by atoms with Crippen LogP contribution < -0.4 is 5.32 Å². The lowest BCUT2D eigenvalue weighted by atomic mass is 9.92. The maximum absolute atomic E-state index is 13.1. The number of carbonyl (C=O) groups is 1. The first-order valence-corrected chi connectivity index (χ1v) is 12.4. The van der Waals surface area contributed by atoms with Crippen LogP contribution in [-0.2, 0) is 20.4 Å². The normalized spacial score (nSPS) is 20.1. The SMILES string of the molecule is Cc1ccc(S(=O)(=O)N2CCC(C(=O)NC3(c4noc(C)n4)CCCC3)CC2)c(C)c1. The summed E-state index contributed by atoms with van der Waals surface area (Å²) in [6.07, 6.45) is 4.57. The van der Waals surface area contributed by atoms with Crippen LogP contribution in [0.3, 0.4) is 0 Å². The summed E-state index contributed by atoms with van der Waals surface area (Å²) in [5.41, 5.74) is 1.21. The van der Waals surface area contributed by atoms with Crippen LogP contribution in [0.15, 0.2) is 27.6 Å². The molecule has 8 nitrogen and oxygen atoms in total. The zero-order valence-electron chi connectivity index (χ0n) is 18.3. The van der Waals surface area contributed by atoms with E-state index in [-0.39, 0.29) is 11.8 Å². The predicted molar refractivity (Wildman–Crippen MR) is 115 cm³/mol. The van der Waals surface area contributed by atoms with Crippen molar-refractivity contribution < 1.29 is 17.7 Å². The molecule has 1 N–H and O–H groups in total. The van der Waals surface area contributed by atoms with E-state index >= 15 is 0 Å². The highest BCUT2D eigenvalue weighted by Gasteiger charge is 2.43. The van der Waals surface area contributed by atoms with Gasteiger partial charge in [0.05, 0.1) is 4.90 Å². The number of piperidine rings is 1. The fourth-order valence-electron chi connectivity index (χ4n) is 4.80. The third kappa shape index (κ3) is 4.25. The Morgan fingerprint density at radius 2 is 1.84 bits per heavy atom. The standard InChI is InChI=1S/C22H30N4O4S/c1-15-6-7-19(16(2)14-15)31(28,29)26-12-8-18(9-13-26)20(27)24-22(10-4-5-11-22)21-23-17(3)30-25-21/h6-7,14,18H,4-5,8-13H2,1-3H3,(H,24,27). The first-order chi connectivity index (χ1) is 14.7. The molecule has 2 aromatic rings. The monoisotopic (exact) mass is 446 g/mol. The number of benzene rings is 1. The second-order valence-corrected chi connectivity index (χ2v) is 10.8. The fourth-order valence-corrected chi connectivity index (χ4v) is 6.48. The molecule has 1 saturated heterocycles. The smallest absolute Gasteiger partial charge is 0.243 e. The Bertz CT molecular complexity index is 1060. The summed E-state index contributed by atoms with van der Waals surface area (Å²) in [6, 6.07) is 5.38. The summed E-state index contributed by atoms with van der Waals surface area (Å²) < 4.78 is 32.9. The molecule has 0 bridgehead atoms. The third-order valence-electron chi connectivity index (χ3n) is 6.55. The minimum absolute atomic E-state index is 0.0482. The summed E-state index contributed by atoms with van der Waals surface area (Å²) in [6.45, 7) is 6.18. The van der Waals surface area contributed by atoms with Crippen molar-refractivity contribution in [2.24, 2.45) is 5.92 Å². The van der Waals surface area contributed by atoms with Crippen molar-refractivity contribution in [3.63, 3.8) is 0 Å². The van der Waals surface area contributed by atoms with E-state index in [0.29, 0.717) is 42.5 Å². The average Bonchev–Trinajstić information content (AvgIpc) is 3.38. The van der Waals surface area contributed by atoms with Gasteiger partial charge in [0.1, 0.15) is 5.54 Å². The Morgan fingerprint density at radius 3 is 2.42 bits per heavy atom. The van der Waals surface area contributed by atoms with Crippen LogP contribution in [0, 0.1) is 26.7 Å². The van der Waals surface area contributed by atoms with Crippen LogP contribution in [0.1, 0.15) is 61.4 Å². The molecule has 4 rings (SSSR count). The van der Waals surface area contributed by atoms with Crippen LogP contribution in [0.25, 0.3) is 0 Å². The summed E-state index contributed by atoms with van der Waals surface area (Å²) in [5.74, 6) is 0.759.